The third kappa shape index (κ3) is 1.62. The molecule has 0 aliphatic carbocycles. The second-order valence-electron chi connectivity index (χ2n) is 1.72. The molecule has 0 saturated carbocycles. The van der Waals surface area contributed by atoms with E-state index in [-0.39, 0.29) is 0 Å². The second-order valence-corrected chi connectivity index (χ2v) is 4.02. The van der Waals surface area contributed by atoms with Crippen molar-refractivity contribution in [1.29, 1.82) is 0 Å². The predicted octanol–water partition coefficient (Wildman–Crippen LogP) is 2.44. The maximum atomic E-state index is 5.77. The molecular weight excluding hydrogens is 251 g/mol. The Balaban J connectivity index is 3.34. The topological polar surface area (TPSA) is 0 Å². The Kier molecular flexibility index (Phi) is 2.93. The van der Waals surface area contributed by atoms with E-state index in [1.165, 1.54) is 0 Å². The molecule has 0 unspecified atom stereocenters. The molecule has 1 aromatic carbocycles. The van der Waals surface area contributed by atoms with Gasteiger partial charge in [-0.2, -0.15) is 0 Å². The Bertz CT molecular complexity index is 232. The first kappa shape index (κ1) is 8.73. The minimum atomic E-state index is 0.434. The van der Waals surface area contributed by atoms with E-state index in [0.29, 0.717) is 15.1 Å². The molecule has 0 bridgehead atoms. The molecule has 0 atom stereocenters. The fourth-order valence-corrected chi connectivity index (χ4v) is 1.66. The summed E-state index contributed by atoms with van der Waals surface area (Å²) in [6, 6.07) is 3.56. The van der Waals surface area contributed by atoms with Gasteiger partial charge in [0.2, 0.25) is 0 Å². The van der Waals surface area contributed by atoms with E-state index in [0.717, 1.165) is 4.40 Å². The standard InChI is InChI=1S/C6H2Cl3Ge/c7-3-1-2-4(10)6(9)5(3)8/h1-2H. The van der Waals surface area contributed by atoms with Crippen LogP contribution < -0.4 is 4.40 Å². The van der Waals surface area contributed by atoms with E-state index >= 15 is 0 Å². The van der Waals surface area contributed by atoms with Crippen LogP contribution in [-0.4, -0.2) is 16.5 Å². The molecule has 51 valence electrons. The third-order valence-electron chi connectivity index (χ3n) is 1.04. The molecule has 0 spiro atoms. The zero-order chi connectivity index (χ0) is 7.72. The van der Waals surface area contributed by atoms with Gasteiger partial charge in [0, 0.05) is 0 Å². The molecule has 0 nitrogen and oxygen atoms in total. The van der Waals surface area contributed by atoms with Gasteiger partial charge in [-0.25, -0.2) is 0 Å². The van der Waals surface area contributed by atoms with Gasteiger partial charge in [-0.05, 0) is 0 Å². The van der Waals surface area contributed by atoms with Gasteiger partial charge in [0.1, 0.15) is 0 Å². The molecule has 10 heavy (non-hydrogen) atoms. The molecular formula is C6H2Cl3Ge. The monoisotopic (exact) mass is 253 g/mol. The van der Waals surface area contributed by atoms with Gasteiger partial charge in [0.05, 0.1) is 0 Å². The first-order valence-corrected chi connectivity index (χ1v) is 4.66. The van der Waals surface area contributed by atoms with E-state index in [9.17, 15) is 0 Å². The summed E-state index contributed by atoms with van der Waals surface area (Å²) >= 11 is 19.0. The van der Waals surface area contributed by atoms with Gasteiger partial charge in [-0.15, -0.1) is 0 Å². The summed E-state index contributed by atoms with van der Waals surface area (Å²) in [5.74, 6) is 0. The fourth-order valence-electron chi connectivity index (χ4n) is 0.526. The number of halogens is 3. The molecule has 4 heteroatoms. The van der Waals surface area contributed by atoms with Gasteiger partial charge in [0.15, 0.2) is 0 Å². The molecule has 1 rings (SSSR count). The molecule has 0 amide bonds. The van der Waals surface area contributed by atoms with Crippen molar-refractivity contribution in [3.63, 3.8) is 0 Å². The molecule has 0 fully saturated rings. The van der Waals surface area contributed by atoms with Crippen molar-refractivity contribution in [1.82, 2.24) is 0 Å². The van der Waals surface area contributed by atoms with Crippen molar-refractivity contribution in [2.24, 2.45) is 0 Å². The fraction of sp³-hybridized carbons (Fsp3) is 0. The van der Waals surface area contributed by atoms with E-state index < -0.39 is 0 Å². The average Bonchev–Trinajstić information content (AvgIpc) is 1.93. The van der Waals surface area contributed by atoms with Crippen LogP contribution in [0.25, 0.3) is 0 Å². The van der Waals surface area contributed by atoms with Gasteiger partial charge in [0.25, 0.3) is 0 Å². The van der Waals surface area contributed by atoms with Crippen molar-refractivity contribution in [2.75, 3.05) is 0 Å². The van der Waals surface area contributed by atoms with Crippen molar-refractivity contribution in [3.8, 4) is 0 Å². The Morgan fingerprint density at radius 3 is 2.10 bits per heavy atom. The van der Waals surface area contributed by atoms with Crippen molar-refractivity contribution in [2.45, 2.75) is 0 Å². The number of benzene rings is 1. The number of rotatable bonds is 0. The van der Waals surface area contributed by atoms with E-state index in [2.05, 4.69) is 0 Å². The minimum absolute atomic E-state index is 0.434. The molecule has 0 heterocycles. The third-order valence-corrected chi connectivity index (χ3v) is 3.54. The van der Waals surface area contributed by atoms with Crippen LogP contribution in [0.4, 0.5) is 0 Å². The number of hydrogen-bond acceptors (Lipinski definition) is 0. The number of hydrogen-bond donors (Lipinski definition) is 0. The molecule has 0 aromatic heterocycles. The van der Waals surface area contributed by atoms with Crippen molar-refractivity contribution in [3.05, 3.63) is 27.2 Å². The summed E-state index contributed by atoms with van der Waals surface area (Å²) in [4.78, 5) is 0. The van der Waals surface area contributed by atoms with Crippen LogP contribution in [0.1, 0.15) is 0 Å². The summed E-state index contributed by atoms with van der Waals surface area (Å²) < 4.78 is 0.941. The quantitative estimate of drug-likeness (QED) is 0.492. The van der Waals surface area contributed by atoms with E-state index in [4.69, 9.17) is 34.8 Å². The molecule has 3 radical (unpaired) electrons. The summed E-state index contributed by atoms with van der Waals surface area (Å²) in [6.45, 7) is 0. The van der Waals surface area contributed by atoms with Gasteiger partial charge >= 0.3 is 82.9 Å². The van der Waals surface area contributed by atoms with Crippen LogP contribution in [-0.2, 0) is 0 Å². The predicted molar refractivity (Wildman–Crippen MR) is 46.9 cm³/mol. The van der Waals surface area contributed by atoms with Gasteiger partial charge in [-0.3, -0.25) is 0 Å². The zero-order valence-corrected chi connectivity index (χ0v) is 9.15. The Hall–Kier alpha value is 0.633. The van der Waals surface area contributed by atoms with Gasteiger partial charge < -0.3 is 0 Å². The first-order valence-electron chi connectivity index (χ1n) is 2.48. The molecule has 1 aromatic rings. The Morgan fingerprint density at radius 2 is 1.60 bits per heavy atom. The molecule has 0 saturated heterocycles. The Labute approximate surface area is 82.7 Å². The van der Waals surface area contributed by atoms with Gasteiger partial charge in [-0.1, -0.05) is 0 Å². The Morgan fingerprint density at radius 1 is 1.00 bits per heavy atom. The molecule has 0 aliphatic rings. The first-order chi connectivity index (χ1) is 4.63. The summed E-state index contributed by atoms with van der Waals surface area (Å²) in [5, 5.41) is 1.47. The van der Waals surface area contributed by atoms with Crippen LogP contribution in [0.5, 0.6) is 0 Å². The molecule has 0 N–H and O–H groups in total. The van der Waals surface area contributed by atoms with Crippen LogP contribution in [0.2, 0.25) is 15.1 Å². The second kappa shape index (κ2) is 3.35. The maximum absolute atomic E-state index is 5.77. The van der Waals surface area contributed by atoms with Crippen molar-refractivity contribution >= 4 is 55.7 Å². The van der Waals surface area contributed by atoms with Crippen LogP contribution in [0, 0.1) is 0 Å². The van der Waals surface area contributed by atoms with Crippen LogP contribution in [0.15, 0.2) is 12.1 Å². The average molecular weight is 253 g/mol. The molecule has 0 aliphatic heterocycles. The summed E-state index contributed by atoms with van der Waals surface area (Å²) in [7, 11) is 0. The van der Waals surface area contributed by atoms with Crippen LogP contribution in [0.3, 0.4) is 0 Å². The summed E-state index contributed by atoms with van der Waals surface area (Å²) in [5.41, 5.74) is 0. The van der Waals surface area contributed by atoms with Crippen LogP contribution >= 0.6 is 34.8 Å². The SMILES string of the molecule is Clc1cc[c]([Ge])c(Cl)c1Cl. The normalized spacial score (nSPS) is 10.0. The van der Waals surface area contributed by atoms with E-state index in [1.54, 1.807) is 6.07 Å². The van der Waals surface area contributed by atoms with E-state index in [1.807, 2.05) is 22.6 Å². The zero-order valence-electron chi connectivity index (χ0n) is 4.79. The summed E-state index contributed by atoms with van der Waals surface area (Å²) in [6.07, 6.45) is 0. The van der Waals surface area contributed by atoms with Crippen molar-refractivity contribution < 1.29 is 0 Å².